The molecule has 2 N–H and O–H groups in total. The quantitative estimate of drug-likeness (QED) is 0.881. The van der Waals surface area contributed by atoms with Gasteiger partial charge in [-0.15, -0.1) is 11.3 Å². The van der Waals surface area contributed by atoms with Crippen LogP contribution in [-0.2, 0) is 5.54 Å². The second-order valence-electron chi connectivity index (χ2n) is 6.18. The number of nitrogens with one attached hydrogen (secondary N) is 1. The van der Waals surface area contributed by atoms with Crippen LogP contribution >= 0.6 is 11.3 Å². The Morgan fingerprint density at radius 3 is 2.55 bits per heavy atom. The normalized spacial score (nSPS) is 13.4. The van der Waals surface area contributed by atoms with Gasteiger partial charge in [-0.1, -0.05) is 6.07 Å². The molecule has 1 aromatic heterocycles. The second-order valence-corrected chi connectivity index (χ2v) is 7.39. The zero-order chi connectivity index (χ0) is 16.5. The lowest BCUT2D eigenvalue weighted by molar-refractivity contribution is 0.160. The number of halogens is 1. The molecule has 0 spiro atoms. The largest absolute Gasteiger partial charge is 0.387 e. The minimum Gasteiger partial charge on any atom is -0.387 e. The minimum absolute atomic E-state index is 0.282. The topological polar surface area (TPSA) is 45.1 Å². The van der Waals surface area contributed by atoms with Crippen LogP contribution in [0.25, 0.3) is 0 Å². The summed E-state index contributed by atoms with van der Waals surface area (Å²) in [7, 11) is 0. The first kappa shape index (κ1) is 17.1. The molecule has 0 aliphatic carbocycles. The van der Waals surface area contributed by atoms with E-state index in [0.717, 1.165) is 21.8 Å². The van der Waals surface area contributed by atoms with E-state index in [1.165, 1.54) is 17.0 Å². The van der Waals surface area contributed by atoms with Gasteiger partial charge in [-0.3, -0.25) is 0 Å². The zero-order valence-corrected chi connectivity index (χ0v) is 14.5. The molecule has 0 radical (unpaired) electrons. The maximum Gasteiger partial charge on any atom is 0.123 e. The van der Waals surface area contributed by atoms with E-state index in [1.807, 2.05) is 6.92 Å². The molecular weight excluding hydrogens is 299 g/mol. The minimum atomic E-state index is -0.679. The average molecular weight is 322 g/mol. The highest BCUT2D eigenvalue weighted by molar-refractivity contribution is 7.11. The van der Waals surface area contributed by atoms with Crippen molar-refractivity contribution in [3.05, 3.63) is 50.7 Å². The van der Waals surface area contributed by atoms with Crippen LogP contribution in [0.3, 0.4) is 0 Å². The van der Waals surface area contributed by atoms with Crippen LogP contribution in [0.2, 0.25) is 0 Å². The van der Waals surface area contributed by atoms with Gasteiger partial charge >= 0.3 is 0 Å². The molecule has 0 aliphatic heterocycles. The Kier molecular flexibility index (Phi) is 5.00. The molecule has 0 saturated carbocycles. The molecule has 3 nitrogen and oxygen atoms in total. The van der Waals surface area contributed by atoms with Gasteiger partial charge in [0.15, 0.2) is 0 Å². The Morgan fingerprint density at radius 2 is 2.00 bits per heavy atom. The molecule has 1 unspecified atom stereocenters. The summed E-state index contributed by atoms with van der Waals surface area (Å²) in [5.41, 5.74) is 2.23. The van der Waals surface area contributed by atoms with Crippen molar-refractivity contribution < 1.29 is 9.50 Å². The number of aromatic nitrogens is 1. The predicted octanol–water partition coefficient (Wildman–Crippen LogP) is 3.77. The Bertz CT molecular complexity index is 647. The summed E-state index contributed by atoms with van der Waals surface area (Å²) in [5.74, 6) is -0.282. The maximum absolute atomic E-state index is 13.1. The van der Waals surface area contributed by atoms with Crippen LogP contribution in [0.5, 0.6) is 0 Å². The second kappa shape index (κ2) is 6.44. The fourth-order valence-corrected chi connectivity index (χ4v) is 3.28. The predicted molar refractivity (Wildman–Crippen MR) is 88.7 cm³/mol. The van der Waals surface area contributed by atoms with E-state index in [2.05, 4.69) is 31.1 Å². The Hall–Kier alpha value is -1.30. The van der Waals surface area contributed by atoms with E-state index in [-0.39, 0.29) is 11.4 Å². The third-order valence-electron chi connectivity index (χ3n) is 3.89. The fraction of sp³-hybridized carbons (Fsp3) is 0.471. The standard InChI is InChI=1S/C17H23FN2OS/c1-10-8-13(18)6-7-14(10)15(21)9-19-17(4,5)16-20-11(2)12(3)22-16/h6-8,15,19,21H,9H2,1-5H3. The molecule has 1 heterocycles. The van der Waals surface area contributed by atoms with Gasteiger partial charge < -0.3 is 10.4 Å². The number of benzene rings is 1. The number of rotatable bonds is 5. The van der Waals surface area contributed by atoms with Gasteiger partial charge in [0.25, 0.3) is 0 Å². The number of aryl methyl sites for hydroxylation is 3. The molecule has 0 aliphatic rings. The molecular formula is C17H23FN2OS. The van der Waals surface area contributed by atoms with Gasteiger partial charge in [0.05, 0.1) is 17.3 Å². The van der Waals surface area contributed by atoms with Crippen LogP contribution < -0.4 is 5.32 Å². The molecule has 22 heavy (non-hydrogen) atoms. The third kappa shape index (κ3) is 3.72. The van der Waals surface area contributed by atoms with Gasteiger partial charge in [-0.2, -0.15) is 0 Å². The van der Waals surface area contributed by atoms with E-state index in [9.17, 15) is 9.50 Å². The lowest BCUT2D eigenvalue weighted by atomic mass is 10.0. The van der Waals surface area contributed by atoms with Crippen molar-refractivity contribution in [3.8, 4) is 0 Å². The first-order valence-corrected chi connectivity index (χ1v) is 8.16. The fourth-order valence-electron chi connectivity index (χ4n) is 2.29. The smallest absolute Gasteiger partial charge is 0.123 e. The lowest BCUT2D eigenvalue weighted by Crippen LogP contribution is -2.39. The molecule has 2 aromatic rings. The summed E-state index contributed by atoms with van der Waals surface area (Å²) in [6, 6.07) is 4.46. The molecule has 0 bridgehead atoms. The summed E-state index contributed by atoms with van der Waals surface area (Å²) >= 11 is 1.67. The van der Waals surface area contributed by atoms with Gasteiger partial charge in [-0.25, -0.2) is 9.37 Å². The van der Waals surface area contributed by atoms with Crippen LogP contribution in [0.1, 0.15) is 46.7 Å². The third-order valence-corrected chi connectivity index (χ3v) is 5.29. The van der Waals surface area contributed by atoms with E-state index >= 15 is 0 Å². The monoisotopic (exact) mass is 322 g/mol. The number of aliphatic hydroxyl groups is 1. The summed E-state index contributed by atoms with van der Waals surface area (Å²) in [5, 5.41) is 14.7. The summed E-state index contributed by atoms with van der Waals surface area (Å²) in [6.07, 6.45) is -0.679. The molecule has 0 fully saturated rings. The molecule has 0 amide bonds. The van der Waals surface area contributed by atoms with Crippen LogP contribution in [0, 0.1) is 26.6 Å². The van der Waals surface area contributed by atoms with Crippen molar-refractivity contribution >= 4 is 11.3 Å². The number of thiazole rings is 1. The summed E-state index contributed by atoms with van der Waals surface area (Å²) < 4.78 is 13.1. The van der Waals surface area contributed by atoms with Crippen LogP contribution in [0.4, 0.5) is 4.39 Å². The molecule has 2 rings (SSSR count). The molecule has 120 valence electrons. The Morgan fingerprint density at radius 1 is 1.32 bits per heavy atom. The molecule has 1 atom stereocenters. The van der Waals surface area contributed by atoms with Crippen molar-refractivity contribution in [1.29, 1.82) is 0 Å². The van der Waals surface area contributed by atoms with E-state index < -0.39 is 6.10 Å². The van der Waals surface area contributed by atoms with Crippen molar-refractivity contribution in [1.82, 2.24) is 10.3 Å². The van der Waals surface area contributed by atoms with E-state index in [1.54, 1.807) is 24.3 Å². The van der Waals surface area contributed by atoms with Gasteiger partial charge in [-0.05, 0) is 57.9 Å². The SMILES string of the molecule is Cc1cc(F)ccc1C(O)CNC(C)(C)c1nc(C)c(C)s1. The van der Waals surface area contributed by atoms with Crippen LogP contribution in [0.15, 0.2) is 18.2 Å². The number of hydrogen-bond donors (Lipinski definition) is 2. The van der Waals surface area contributed by atoms with Crippen molar-refractivity contribution in [2.45, 2.75) is 46.3 Å². The van der Waals surface area contributed by atoms with Crippen molar-refractivity contribution in [3.63, 3.8) is 0 Å². The number of nitrogens with zero attached hydrogens (tertiary/aromatic N) is 1. The number of hydrogen-bond acceptors (Lipinski definition) is 4. The first-order chi connectivity index (χ1) is 10.2. The number of aliphatic hydroxyl groups excluding tert-OH is 1. The zero-order valence-electron chi connectivity index (χ0n) is 13.7. The first-order valence-electron chi connectivity index (χ1n) is 7.34. The Labute approximate surface area is 135 Å². The molecule has 1 aromatic carbocycles. The van der Waals surface area contributed by atoms with Crippen molar-refractivity contribution in [2.75, 3.05) is 6.54 Å². The highest BCUT2D eigenvalue weighted by Crippen LogP contribution is 2.28. The Balaban J connectivity index is 2.07. The molecule has 0 saturated heterocycles. The van der Waals surface area contributed by atoms with Crippen molar-refractivity contribution in [2.24, 2.45) is 0 Å². The van der Waals surface area contributed by atoms with Gasteiger partial charge in [0.1, 0.15) is 10.8 Å². The maximum atomic E-state index is 13.1. The van der Waals surface area contributed by atoms with Gasteiger partial charge in [0, 0.05) is 11.4 Å². The molecule has 5 heteroatoms. The van der Waals surface area contributed by atoms with E-state index in [0.29, 0.717) is 6.54 Å². The van der Waals surface area contributed by atoms with Gasteiger partial charge in [0.2, 0.25) is 0 Å². The lowest BCUT2D eigenvalue weighted by Gasteiger charge is -2.26. The van der Waals surface area contributed by atoms with Crippen LogP contribution in [-0.4, -0.2) is 16.6 Å². The highest BCUT2D eigenvalue weighted by atomic mass is 32.1. The van der Waals surface area contributed by atoms with E-state index in [4.69, 9.17) is 0 Å². The summed E-state index contributed by atoms with van der Waals surface area (Å²) in [4.78, 5) is 5.79. The highest BCUT2D eigenvalue weighted by Gasteiger charge is 2.25. The average Bonchev–Trinajstić information content (AvgIpc) is 2.77. The summed E-state index contributed by atoms with van der Waals surface area (Å²) in [6.45, 7) is 10.4.